The lowest BCUT2D eigenvalue weighted by Crippen LogP contribution is -2.55. The van der Waals surface area contributed by atoms with Crippen molar-refractivity contribution in [3.05, 3.63) is 39.1 Å². The second kappa shape index (κ2) is 5.52. The summed E-state index contributed by atoms with van der Waals surface area (Å²) >= 11 is 0. The Balaban J connectivity index is 2.13. The smallest absolute Gasteiger partial charge is 0.334 e. The summed E-state index contributed by atoms with van der Waals surface area (Å²) in [6, 6.07) is 1.61. The molecule has 0 amide bonds. The first kappa shape index (κ1) is 15.2. The lowest BCUT2D eigenvalue weighted by molar-refractivity contribution is -0.439. The minimum atomic E-state index is -1.77. The average molecular weight is 322 g/mol. The van der Waals surface area contributed by atoms with Crippen molar-refractivity contribution >= 4 is 5.96 Å². The third kappa shape index (κ3) is 2.59. The number of H-pyrrole nitrogens is 1. The van der Waals surface area contributed by atoms with E-state index in [1.807, 2.05) is 0 Å². The van der Waals surface area contributed by atoms with E-state index in [1.54, 1.807) is 17.9 Å². The fraction of sp³-hybridized carbons (Fsp3) is 0.500. The van der Waals surface area contributed by atoms with E-state index >= 15 is 0 Å². The summed E-state index contributed by atoms with van der Waals surface area (Å²) in [5.41, 5.74) is 11.0. The molecule has 0 bridgehead atoms. The van der Waals surface area contributed by atoms with Gasteiger partial charge in [0.1, 0.15) is 5.69 Å². The van der Waals surface area contributed by atoms with Crippen LogP contribution in [0, 0.1) is 17.0 Å². The van der Waals surface area contributed by atoms with E-state index in [0.29, 0.717) is 32.0 Å². The third-order valence-electron chi connectivity index (χ3n) is 3.73. The van der Waals surface area contributed by atoms with E-state index in [-0.39, 0.29) is 23.2 Å². The Morgan fingerprint density at radius 3 is 2.74 bits per heavy atom. The van der Waals surface area contributed by atoms with Gasteiger partial charge in [0, 0.05) is 18.8 Å². The maximum Gasteiger partial charge on any atom is 0.334 e. The molecule has 3 heterocycles. The van der Waals surface area contributed by atoms with Crippen LogP contribution < -0.4 is 16.8 Å². The van der Waals surface area contributed by atoms with Crippen LogP contribution in [0.4, 0.5) is 0 Å². The number of aromatic nitrogens is 2. The number of guanidine groups is 1. The Morgan fingerprint density at radius 1 is 1.48 bits per heavy atom. The molecule has 2 aliphatic rings. The van der Waals surface area contributed by atoms with Crippen LogP contribution in [0.15, 0.2) is 22.6 Å². The molecule has 1 fully saturated rings. The van der Waals surface area contributed by atoms with Crippen LogP contribution in [-0.2, 0) is 10.4 Å². The molecule has 2 aliphatic heterocycles. The summed E-state index contributed by atoms with van der Waals surface area (Å²) in [5, 5.41) is 21.3. The van der Waals surface area contributed by atoms with Crippen LogP contribution in [0.5, 0.6) is 0 Å². The number of aliphatic imine (C=N–C) groups is 1. The lowest BCUT2D eigenvalue weighted by Gasteiger charge is -2.35. The second-order valence-corrected chi connectivity index (χ2v) is 5.38. The first-order valence-corrected chi connectivity index (χ1v) is 7.07. The van der Waals surface area contributed by atoms with Crippen LogP contribution in [-0.4, -0.2) is 52.3 Å². The fourth-order valence-electron chi connectivity index (χ4n) is 2.67. The van der Waals surface area contributed by atoms with Gasteiger partial charge >= 0.3 is 5.70 Å². The number of ether oxygens (including phenoxy) is 1. The minimum Gasteiger partial charge on any atom is -0.378 e. The van der Waals surface area contributed by atoms with Crippen molar-refractivity contribution in [2.24, 2.45) is 16.5 Å². The summed E-state index contributed by atoms with van der Waals surface area (Å²) in [6.07, 6.45) is 0. The van der Waals surface area contributed by atoms with Crippen molar-refractivity contribution in [1.29, 1.82) is 0 Å². The highest BCUT2D eigenvalue weighted by atomic mass is 16.6. The number of nitrogens with one attached hydrogen (secondary N) is 2. The minimum absolute atomic E-state index is 0.000227. The molecule has 124 valence electrons. The Morgan fingerprint density at radius 2 is 2.17 bits per heavy atom. The molecule has 0 aromatic carbocycles. The van der Waals surface area contributed by atoms with Crippen LogP contribution in [0.3, 0.4) is 0 Å². The number of nitro groups is 1. The molecule has 1 aromatic heterocycles. The quantitative estimate of drug-likeness (QED) is 0.387. The molecule has 1 aromatic rings. The van der Waals surface area contributed by atoms with E-state index in [2.05, 4.69) is 20.5 Å². The van der Waals surface area contributed by atoms with Gasteiger partial charge in [-0.05, 0) is 13.0 Å². The monoisotopic (exact) mass is 322 g/mol. The van der Waals surface area contributed by atoms with Gasteiger partial charge in [-0.3, -0.25) is 20.9 Å². The Bertz CT molecular complexity index is 690. The molecule has 0 spiro atoms. The van der Waals surface area contributed by atoms with Crippen molar-refractivity contribution in [3.8, 4) is 0 Å². The largest absolute Gasteiger partial charge is 0.378 e. The first-order valence-electron chi connectivity index (χ1n) is 7.07. The number of aromatic amines is 1. The Hall–Kier alpha value is -2.66. The van der Waals surface area contributed by atoms with Crippen LogP contribution in [0.2, 0.25) is 0 Å². The van der Waals surface area contributed by atoms with Gasteiger partial charge in [-0.25, -0.2) is 4.99 Å². The number of hydrogen-bond donors (Lipinski definition) is 4. The first-order chi connectivity index (χ1) is 10.9. The van der Waals surface area contributed by atoms with Crippen molar-refractivity contribution in [1.82, 2.24) is 20.4 Å². The van der Waals surface area contributed by atoms with Crippen molar-refractivity contribution in [2.75, 3.05) is 26.3 Å². The highest BCUT2D eigenvalue weighted by Crippen LogP contribution is 2.33. The van der Waals surface area contributed by atoms with E-state index in [4.69, 9.17) is 16.2 Å². The number of hydrogen-bond acceptors (Lipinski definition) is 9. The highest BCUT2D eigenvalue weighted by Gasteiger charge is 2.50. The molecule has 1 atom stereocenters. The Kier molecular flexibility index (Phi) is 3.66. The summed E-state index contributed by atoms with van der Waals surface area (Å²) in [6.45, 7) is 3.68. The average Bonchev–Trinajstić information content (AvgIpc) is 2.94. The SMILES string of the molecule is Cc1cc(C2(N)N=C(N)NC(N3CCOCC3)=C2[N+](=O)[O-])n[nH]1. The molecule has 11 heteroatoms. The van der Waals surface area contributed by atoms with E-state index in [0.717, 1.165) is 0 Å². The van der Waals surface area contributed by atoms with Crippen molar-refractivity contribution < 1.29 is 9.66 Å². The van der Waals surface area contributed by atoms with Gasteiger partial charge in [0.2, 0.25) is 0 Å². The van der Waals surface area contributed by atoms with Crippen molar-refractivity contribution in [3.63, 3.8) is 0 Å². The van der Waals surface area contributed by atoms with Gasteiger partial charge < -0.3 is 20.7 Å². The molecule has 1 unspecified atom stereocenters. The molecule has 11 nitrogen and oxygen atoms in total. The van der Waals surface area contributed by atoms with Crippen LogP contribution in [0.1, 0.15) is 11.4 Å². The Labute approximate surface area is 131 Å². The third-order valence-corrected chi connectivity index (χ3v) is 3.73. The molecule has 6 N–H and O–H groups in total. The summed E-state index contributed by atoms with van der Waals surface area (Å²) in [7, 11) is 0. The molecular formula is C12H18N8O3. The van der Waals surface area contributed by atoms with E-state index in [1.165, 1.54) is 0 Å². The number of aryl methyl sites for hydroxylation is 1. The molecule has 0 saturated carbocycles. The topological polar surface area (TPSA) is 161 Å². The zero-order valence-electron chi connectivity index (χ0n) is 12.6. The highest BCUT2D eigenvalue weighted by molar-refractivity contribution is 5.81. The molecule has 1 saturated heterocycles. The standard InChI is InChI=1S/C12H18N8O3/c1-7-6-8(18-17-7)12(14)9(20(21)22)10(15-11(13)16-12)19-2-4-23-5-3-19/h6H,2-5,14H2,1H3,(H,17,18)(H3,13,15,16). The lowest BCUT2D eigenvalue weighted by atomic mass is 10.0. The molecule has 0 radical (unpaired) electrons. The molecule has 3 rings (SSSR count). The van der Waals surface area contributed by atoms with Gasteiger partial charge in [0.05, 0.1) is 18.1 Å². The predicted molar refractivity (Wildman–Crippen MR) is 80.4 cm³/mol. The van der Waals surface area contributed by atoms with E-state index in [9.17, 15) is 10.1 Å². The normalized spacial score (nSPS) is 25.1. The summed E-state index contributed by atoms with van der Waals surface area (Å²) < 4.78 is 5.28. The molecule has 0 aliphatic carbocycles. The maximum absolute atomic E-state index is 11.7. The second-order valence-electron chi connectivity index (χ2n) is 5.38. The van der Waals surface area contributed by atoms with Crippen LogP contribution >= 0.6 is 0 Å². The van der Waals surface area contributed by atoms with Crippen LogP contribution in [0.25, 0.3) is 0 Å². The summed E-state index contributed by atoms with van der Waals surface area (Å²) in [4.78, 5) is 17.0. The maximum atomic E-state index is 11.7. The van der Waals surface area contributed by atoms with Gasteiger partial charge in [-0.15, -0.1) is 0 Å². The zero-order valence-corrected chi connectivity index (χ0v) is 12.6. The number of nitrogens with zero attached hydrogens (tertiary/aromatic N) is 4. The zero-order chi connectivity index (χ0) is 16.6. The van der Waals surface area contributed by atoms with Gasteiger partial charge in [0.15, 0.2) is 11.8 Å². The number of rotatable bonds is 3. The molecular weight excluding hydrogens is 304 g/mol. The molecule has 23 heavy (non-hydrogen) atoms. The summed E-state index contributed by atoms with van der Waals surface area (Å²) in [5.74, 6) is 0.231. The van der Waals surface area contributed by atoms with Gasteiger partial charge in [-0.1, -0.05) is 0 Å². The van der Waals surface area contributed by atoms with Gasteiger partial charge in [0.25, 0.3) is 5.66 Å². The number of nitrogens with two attached hydrogens (primary N) is 2. The fourth-order valence-corrected chi connectivity index (χ4v) is 2.67. The predicted octanol–water partition coefficient (Wildman–Crippen LogP) is -1.47. The van der Waals surface area contributed by atoms with E-state index < -0.39 is 10.6 Å². The van der Waals surface area contributed by atoms with Gasteiger partial charge in [-0.2, -0.15) is 5.10 Å². The van der Waals surface area contributed by atoms with Crippen molar-refractivity contribution in [2.45, 2.75) is 12.6 Å². The number of morpholine rings is 1.